The van der Waals surface area contributed by atoms with E-state index >= 15 is 0 Å². The minimum Gasteiger partial charge on any atom is -0.460 e. The number of oxime groups is 1. The van der Waals surface area contributed by atoms with Crippen LogP contribution in [0.4, 0.5) is 4.79 Å². The van der Waals surface area contributed by atoms with Crippen molar-refractivity contribution >= 4 is 23.6 Å². The Morgan fingerprint density at radius 1 is 0.933 bits per heavy atom. The number of aliphatic hydroxyl groups excluding tert-OH is 2. The lowest BCUT2D eigenvalue weighted by Gasteiger charge is -2.58. The van der Waals surface area contributed by atoms with Gasteiger partial charge < -0.3 is 34.6 Å². The number of allylic oxidation sites excluding steroid dienone is 1. The van der Waals surface area contributed by atoms with Gasteiger partial charge >= 0.3 is 6.09 Å². The van der Waals surface area contributed by atoms with E-state index < -0.39 is 11.9 Å². The molecule has 0 bridgehead atoms. The summed E-state index contributed by atoms with van der Waals surface area (Å²) in [6.45, 7) is 5.25. The van der Waals surface area contributed by atoms with Gasteiger partial charge in [0.25, 0.3) is 0 Å². The van der Waals surface area contributed by atoms with Gasteiger partial charge in [0.1, 0.15) is 18.1 Å². The molecule has 0 radical (unpaired) electrons. The Morgan fingerprint density at radius 2 is 1.67 bits per heavy atom. The van der Waals surface area contributed by atoms with Gasteiger partial charge in [-0.2, -0.15) is 11.8 Å². The molecule has 1 aliphatic heterocycles. The van der Waals surface area contributed by atoms with E-state index in [1.807, 2.05) is 97.0 Å². The van der Waals surface area contributed by atoms with Crippen LogP contribution in [0.25, 0.3) is 0 Å². The lowest BCUT2D eigenvalue weighted by atomic mass is 9.56. The Labute approximate surface area is 358 Å². The van der Waals surface area contributed by atoms with Crippen LogP contribution in [-0.2, 0) is 29.1 Å². The highest BCUT2D eigenvalue weighted by atomic mass is 32.2. The number of nitrogens with zero attached hydrogens (tertiary/aromatic N) is 2. The van der Waals surface area contributed by atoms with Gasteiger partial charge in [-0.1, -0.05) is 90.8 Å². The van der Waals surface area contributed by atoms with E-state index in [0.717, 1.165) is 65.8 Å². The van der Waals surface area contributed by atoms with Crippen molar-refractivity contribution in [1.82, 2.24) is 10.3 Å². The van der Waals surface area contributed by atoms with Crippen LogP contribution in [-0.4, -0.2) is 63.6 Å². The number of rotatable bonds is 21. The number of unbranched alkanes of at least 4 members (excludes halogenated alkanes) is 2. The highest BCUT2D eigenvalue weighted by Gasteiger charge is 2.64. The smallest absolute Gasteiger partial charge is 0.412 e. The van der Waals surface area contributed by atoms with Gasteiger partial charge in [-0.15, -0.1) is 6.58 Å². The fourth-order valence-corrected chi connectivity index (χ4v) is 10.5. The number of amides is 1. The third-order valence-corrected chi connectivity index (χ3v) is 13.2. The molecule has 7 rings (SSSR count). The molecule has 11 heteroatoms. The highest BCUT2D eigenvalue weighted by Crippen LogP contribution is 2.62. The van der Waals surface area contributed by atoms with E-state index in [1.54, 1.807) is 12.1 Å². The molecule has 3 N–H and O–H groups in total. The fourth-order valence-electron chi connectivity index (χ4n) is 9.08. The molecular weight excluding hydrogens is 775 g/mol. The van der Waals surface area contributed by atoms with E-state index in [9.17, 15) is 15.0 Å². The second-order valence-corrected chi connectivity index (χ2v) is 17.0. The predicted molar refractivity (Wildman–Crippen MR) is 236 cm³/mol. The lowest BCUT2D eigenvalue weighted by molar-refractivity contribution is -0.223. The van der Waals surface area contributed by atoms with Crippen molar-refractivity contribution in [2.75, 3.05) is 25.6 Å². The van der Waals surface area contributed by atoms with E-state index in [-0.39, 0.29) is 48.7 Å². The van der Waals surface area contributed by atoms with Crippen LogP contribution in [0.1, 0.15) is 73.1 Å². The van der Waals surface area contributed by atoms with Crippen LogP contribution < -0.4 is 14.8 Å². The van der Waals surface area contributed by atoms with Gasteiger partial charge in [-0.05, 0) is 102 Å². The molecule has 1 amide bonds. The van der Waals surface area contributed by atoms with Crippen LogP contribution >= 0.6 is 11.8 Å². The van der Waals surface area contributed by atoms with Crippen LogP contribution in [0.3, 0.4) is 0 Å². The number of fused-ring (bicyclic) bond motifs is 2. The first kappa shape index (κ1) is 43.2. The maximum atomic E-state index is 13.2. The topological polar surface area (TPSA) is 132 Å². The highest BCUT2D eigenvalue weighted by molar-refractivity contribution is 8.00. The van der Waals surface area contributed by atoms with Crippen LogP contribution in [0.15, 0.2) is 133 Å². The van der Waals surface area contributed by atoms with Crippen LogP contribution in [0.5, 0.6) is 11.5 Å². The Hall–Kier alpha value is -4.94. The zero-order chi connectivity index (χ0) is 41.6. The molecule has 2 heterocycles. The standard InChI is InChI=1S/C49H57N3O7S/c1-2-28-56-49-45(60-29-23-35-21-24-50-25-22-35)32-43(52-57-34-37-15-7-4-8-16-37)41-30-38(17-9-11-26-53)40(18-10-12-27-54)46(47(41)49)42-31-39(19-20-44(42)59-49)58-48(55)51-33-36-13-5-3-6-14-36/h2-8,13-16,19-22,24-25,30-31,38,40,45-47,53-54H,1,9-12,17-18,23,26-29,32-34H2,(H,51,55)/t38-,40+,45-,46+,47+,49+/m0/s1. The second kappa shape index (κ2) is 21.5. The minimum atomic E-state index is -1.10. The maximum Gasteiger partial charge on any atom is 0.412 e. The van der Waals surface area contributed by atoms with E-state index in [1.165, 1.54) is 5.56 Å². The summed E-state index contributed by atoms with van der Waals surface area (Å²) >= 11 is 1.82. The van der Waals surface area contributed by atoms with Crippen molar-refractivity contribution in [3.63, 3.8) is 0 Å². The summed E-state index contributed by atoms with van der Waals surface area (Å²) in [6, 6.07) is 29.6. The molecule has 0 unspecified atom stereocenters. The summed E-state index contributed by atoms with van der Waals surface area (Å²) in [4.78, 5) is 23.6. The molecule has 60 heavy (non-hydrogen) atoms. The number of carbonyl (C=O) groups is 1. The van der Waals surface area contributed by atoms with Crippen molar-refractivity contribution in [3.8, 4) is 11.5 Å². The molecule has 1 aromatic heterocycles. The van der Waals surface area contributed by atoms with Crippen molar-refractivity contribution in [2.45, 2.75) is 81.5 Å². The van der Waals surface area contributed by atoms with Crippen LogP contribution in [0, 0.1) is 17.8 Å². The zero-order valence-electron chi connectivity index (χ0n) is 34.2. The van der Waals surface area contributed by atoms with Crippen molar-refractivity contribution in [2.24, 2.45) is 22.9 Å². The normalized spacial score (nSPS) is 23.4. The number of aliphatic hydroxyl groups is 2. The SMILES string of the molecule is C=CCO[C@@]12Oc3ccc(OC(=O)NCc4ccccc4)cc3[C@H]3[C@H](CCCCO)[C@@H](CCCCO)C=C(C(=NOCc4ccccc4)C[C@@H]1SCCc1ccncc1)[C@H]32. The molecule has 3 aromatic carbocycles. The van der Waals surface area contributed by atoms with Gasteiger partial charge in [0, 0.05) is 50.1 Å². The first-order chi connectivity index (χ1) is 29.5. The number of thioether (sulfide) groups is 1. The summed E-state index contributed by atoms with van der Waals surface area (Å²) in [5.41, 5.74) is 6.08. The molecule has 2 aliphatic carbocycles. The number of aryl methyl sites for hydroxylation is 1. The summed E-state index contributed by atoms with van der Waals surface area (Å²) in [6.07, 6.45) is 13.5. The number of aromatic nitrogens is 1. The Bertz CT molecular complexity index is 2050. The summed E-state index contributed by atoms with van der Waals surface area (Å²) in [5, 5.41) is 27.5. The first-order valence-corrected chi connectivity index (χ1v) is 22.3. The molecule has 4 aromatic rings. The predicted octanol–water partition coefficient (Wildman–Crippen LogP) is 9.18. The van der Waals surface area contributed by atoms with E-state index in [2.05, 4.69) is 35.1 Å². The number of hydrogen-bond donors (Lipinski definition) is 3. The summed E-state index contributed by atoms with van der Waals surface area (Å²) < 4.78 is 20.3. The molecular formula is C49H57N3O7S. The number of hydrogen-bond acceptors (Lipinski definition) is 10. The van der Waals surface area contributed by atoms with Gasteiger partial charge in [0.2, 0.25) is 5.79 Å². The molecule has 10 nitrogen and oxygen atoms in total. The number of pyridine rings is 1. The maximum absolute atomic E-state index is 13.2. The quantitative estimate of drug-likeness (QED) is 0.0427. The van der Waals surface area contributed by atoms with Crippen molar-refractivity contribution in [1.29, 1.82) is 0 Å². The zero-order valence-corrected chi connectivity index (χ0v) is 35.0. The molecule has 6 atom stereocenters. The Kier molecular flexibility index (Phi) is 15.5. The van der Waals surface area contributed by atoms with Gasteiger partial charge in [0.15, 0.2) is 0 Å². The Morgan fingerprint density at radius 3 is 2.40 bits per heavy atom. The van der Waals surface area contributed by atoms with Crippen molar-refractivity contribution < 1.29 is 34.1 Å². The largest absolute Gasteiger partial charge is 0.460 e. The number of benzene rings is 3. The van der Waals surface area contributed by atoms with Gasteiger partial charge in [-0.25, -0.2) is 4.79 Å². The van der Waals surface area contributed by atoms with E-state index in [4.69, 9.17) is 24.2 Å². The van der Waals surface area contributed by atoms with E-state index in [0.29, 0.717) is 43.9 Å². The molecule has 3 aliphatic rings. The third kappa shape index (κ3) is 10.5. The average Bonchev–Trinajstić information content (AvgIpc) is 3.28. The second-order valence-electron chi connectivity index (χ2n) is 15.7. The lowest BCUT2D eigenvalue weighted by Crippen LogP contribution is -2.64. The molecule has 316 valence electrons. The van der Waals surface area contributed by atoms with Crippen molar-refractivity contribution in [3.05, 3.63) is 150 Å². The fraction of sp³-hybridized carbons (Fsp3) is 0.408. The number of nitrogens with one attached hydrogen (secondary N) is 1. The monoisotopic (exact) mass is 831 g/mol. The molecule has 1 fully saturated rings. The molecule has 0 saturated heterocycles. The minimum absolute atomic E-state index is 0.116. The number of carbonyl (C=O) groups excluding carboxylic acids is 1. The summed E-state index contributed by atoms with van der Waals surface area (Å²) in [7, 11) is 0. The van der Waals surface area contributed by atoms with Gasteiger partial charge in [-0.3, -0.25) is 4.98 Å². The molecule has 1 saturated carbocycles. The van der Waals surface area contributed by atoms with Gasteiger partial charge in [0.05, 0.1) is 23.5 Å². The Balaban J connectivity index is 1.32. The number of ether oxygens (including phenoxy) is 3. The first-order valence-electron chi connectivity index (χ1n) is 21.3. The average molecular weight is 832 g/mol. The summed E-state index contributed by atoms with van der Waals surface area (Å²) in [5.74, 6) is 0.648. The third-order valence-electron chi connectivity index (χ3n) is 11.8. The molecule has 0 spiro atoms. The van der Waals surface area contributed by atoms with Crippen LogP contribution in [0.2, 0.25) is 0 Å².